The zero-order valence-corrected chi connectivity index (χ0v) is 15.4. The molecule has 5 heteroatoms. The molecule has 0 saturated carbocycles. The number of carbonyl (C=O) groups is 1. The second kappa shape index (κ2) is 7.88. The van der Waals surface area contributed by atoms with E-state index in [0.29, 0.717) is 23.9 Å². The van der Waals surface area contributed by atoms with Gasteiger partial charge in [-0.15, -0.1) is 10.2 Å². The van der Waals surface area contributed by atoms with E-state index in [1.165, 1.54) is 0 Å². The molecule has 0 aliphatic carbocycles. The van der Waals surface area contributed by atoms with Crippen molar-refractivity contribution in [1.82, 2.24) is 15.5 Å². The highest BCUT2D eigenvalue weighted by Gasteiger charge is 2.12. The molecule has 0 radical (unpaired) electrons. The number of amides is 1. The lowest BCUT2D eigenvalue weighted by molar-refractivity contribution is 0.0951. The zero-order chi connectivity index (χ0) is 19.3. The quantitative estimate of drug-likeness (QED) is 0.556. The Hall–Kier alpha value is -3.73. The first-order valence-corrected chi connectivity index (χ1v) is 9.03. The molecule has 138 valence electrons. The average Bonchev–Trinajstić information content (AvgIpc) is 3.24. The van der Waals surface area contributed by atoms with Gasteiger partial charge in [0.2, 0.25) is 11.8 Å². The summed E-state index contributed by atoms with van der Waals surface area (Å²) in [5.41, 5.74) is 4.48. The largest absolute Gasteiger partial charge is 0.416 e. The van der Waals surface area contributed by atoms with Crippen molar-refractivity contribution in [3.05, 3.63) is 95.6 Å². The van der Waals surface area contributed by atoms with Crippen molar-refractivity contribution in [1.29, 1.82) is 0 Å². The number of hydrogen-bond donors (Lipinski definition) is 1. The summed E-state index contributed by atoms with van der Waals surface area (Å²) < 4.78 is 5.75. The SMILES string of the molecule is Cc1ccccc1CNC(=O)c1ccc(-c2nnc(-c3ccccc3)o2)cc1. The number of aromatic nitrogens is 2. The smallest absolute Gasteiger partial charge is 0.251 e. The molecule has 0 saturated heterocycles. The first-order chi connectivity index (χ1) is 13.7. The molecule has 0 atom stereocenters. The van der Waals surface area contributed by atoms with Crippen LogP contribution < -0.4 is 5.32 Å². The van der Waals surface area contributed by atoms with Gasteiger partial charge in [0.1, 0.15) is 0 Å². The van der Waals surface area contributed by atoms with Crippen LogP contribution in [0.1, 0.15) is 21.5 Å². The molecule has 0 aliphatic rings. The van der Waals surface area contributed by atoms with E-state index in [2.05, 4.69) is 15.5 Å². The number of nitrogens with zero attached hydrogens (tertiary/aromatic N) is 2. The van der Waals surface area contributed by atoms with Crippen LogP contribution in [-0.4, -0.2) is 16.1 Å². The van der Waals surface area contributed by atoms with E-state index in [1.807, 2.05) is 73.7 Å². The first-order valence-electron chi connectivity index (χ1n) is 9.03. The van der Waals surface area contributed by atoms with Crippen molar-refractivity contribution in [2.75, 3.05) is 0 Å². The molecule has 3 aromatic carbocycles. The summed E-state index contributed by atoms with van der Waals surface area (Å²) in [5, 5.41) is 11.2. The van der Waals surface area contributed by atoms with E-state index in [9.17, 15) is 4.79 Å². The number of nitrogens with one attached hydrogen (secondary N) is 1. The van der Waals surface area contributed by atoms with Gasteiger partial charge in [0.05, 0.1) is 0 Å². The van der Waals surface area contributed by atoms with Gasteiger partial charge in [-0.25, -0.2) is 0 Å². The Labute approximate surface area is 163 Å². The molecule has 0 unspecified atom stereocenters. The molecule has 0 spiro atoms. The van der Waals surface area contributed by atoms with Crippen molar-refractivity contribution < 1.29 is 9.21 Å². The Morgan fingerprint density at radius 2 is 1.43 bits per heavy atom. The summed E-state index contributed by atoms with van der Waals surface area (Å²) in [6.07, 6.45) is 0. The van der Waals surface area contributed by atoms with Crippen LogP contribution in [0.3, 0.4) is 0 Å². The highest BCUT2D eigenvalue weighted by Crippen LogP contribution is 2.23. The third kappa shape index (κ3) is 3.83. The van der Waals surface area contributed by atoms with Crippen LogP contribution >= 0.6 is 0 Å². The maximum absolute atomic E-state index is 12.4. The Bertz CT molecular complexity index is 1090. The number of carbonyl (C=O) groups excluding carboxylic acids is 1. The molecule has 0 fully saturated rings. The molecule has 4 rings (SSSR count). The van der Waals surface area contributed by atoms with Gasteiger partial charge in [0.25, 0.3) is 5.91 Å². The van der Waals surface area contributed by atoms with Crippen molar-refractivity contribution in [3.63, 3.8) is 0 Å². The van der Waals surface area contributed by atoms with Crippen LogP contribution in [0.15, 0.2) is 83.3 Å². The normalized spacial score (nSPS) is 10.6. The number of aryl methyl sites for hydroxylation is 1. The van der Waals surface area contributed by atoms with Gasteiger partial charge in [-0.2, -0.15) is 0 Å². The Morgan fingerprint density at radius 1 is 0.821 bits per heavy atom. The van der Waals surface area contributed by atoms with Crippen molar-refractivity contribution in [2.45, 2.75) is 13.5 Å². The van der Waals surface area contributed by atoms with Crippen molar-refractivity contribution in [2.24, 2.45) is 0 Å². The lowest BCUT2D eigenvalue weighted by Crippen LogP contribution is -2.23. The van der Waals surface area contributed by atoms with Crippen LogP contribution in [0.2, 0.25) is 0 Å². The molecule has 28 heavy (non-hydrogen) atoms. The summed E-state index contributed by atoms with van der Waals surface area (Å²) in [7, 11) is 0. The minimum Gasteiger partial charge on any atom is -0.416 e. The summed E-state index contributed by atoms with van der Waals surface area (Å²) in [6.45, 7) is 2.53. The molecule has 5 nitrogen and oxygen atoms in total. The minimum atomic E-state index is -0.120. The topological polar surface area (TPSA) is 68.0 Å². The maximum atomic E-state index is 12.4. The second-order valence-electron chi connectivity index (χ2n) is 6.46. The van der Waals surface area contributed by atoms with Gasteiger partial charge < -0.3 is 9.73 Å². The number of benzene rings is 3. The van der Waals surface area contributed by atoms with Gasteiger partial charge in [0.15, 0.2) is 0 Å². The predicted octanol–water partition coefficient (Wildman–Crippen LogP) is 4.64. The average molecular weight is 369 g/mol. The summed E-state index contributed by atoms with van der Waals surface area (Å²) in [6, 6.07) is 24.7. The van der Waals surface area contributed by atoms with E-state index in [0.717, 1.165) is 22.3 Å². The van der Waals surface area contributed by atoms with Crippen LogP contribution in [0, 0.1) is 6.92 Å². The molecule has 0 aliphatic heterocycles. The summed E-state index contributed by atoms with van der Waals surface area (Å²) in [4.78, 5) is 12.4. The third-order valence-corrected chi connectivity index (χ3v) is 4.54. The maximum Gasteiger partial charge on any atom is 0.251 e. The Balaban J connectivity index is 1.44. The molecule has 0 bridgehead atoms. The fraction of sp³-hybridized carbons (Fsp3) is 0.0870. The third-order valence-electron chi connectivity index (χ3n) is 4.54. The second-order valence-corrected chi connectivity index (χ2v) is 6.46. The van der Waals surface area contributed by atoms with Gasteiger partial charge >= 0.3 is 0 Å². The Kier molecular flexibility index (Phi) is 4.97. The van der Waals surface area contributed by atoms with E-state index in [-0.39, 0.29) is 5.91 Å². The predicted molar refractivity (Wildman–Crippen MR) is 108 cm³/mol. The molecule has 1 amide bonds. The highest BCUT2D eigenvalue weighted by atomic mass is 16.4. The summed E-state index contributed by atoms with van der Waals surface area (Å²) in [5.74, 6) is 0.770. The van der Waals surface area contributed by atoms with Gasteiger partial charge in [0, 0.05) is 23.2 Å². The fourth-order valence-electron chi connectivity index (χ4n) is 2.89. The van der Waals surface area contributed by atoms with Gasteiger partial charge in [-0.05, 0) is 54.4 Å². The molecule has 1 aromatic heterocycles. The van der Waals surface area contributed by atoms with E-state index >= 15 is 0 Å². The van der Waals surface area contributed by atoms with Crippen LogP contribution in [0.25, 0.3) is 22.9 Å². The van der Waals surface area contributed by atoms with Crippen LogP contribution in [0.4, 0.5) is 0 Å². The minimum absolute atomic E-state index is 0.120. The monoisotopic (exact) mass is 369 g/mol. The molecular weight excluding hydrogens is 350 g/mol. The highest BCUT2D eigenvalue weighted by molar-refractivity contribution is 5.94. The van der Waals surface area contributed by atoms with Gasteiger partial charge in [-0.1, -0.05) is 42.5 Å². The van der Waals surface area contributed by atoms with Crippen molar-refractivity contribution >= 4 is 5.91 Å². The lowest BCUT2D eigenvalue weighted by Gasteiger charge is -2.08. The first kappa shape index (κ1) is 17.7. The standard InChI is InChI=1S/C23H19N3O2/c1-16-7-5-6-10-20(16)15-24-21(27)17-11-13-19(14-12-17)23-26-25-22(28-23)18-8-3-2-4-9-18/h2-14H,15H2,1H3,(H,24,27). The molecule has 1 heterocycles. The van der Waals surface area contributed by atoms with Crippen LogP contribution in [-0.2, 0) is 6.54 Å². The lowest BCUT2D eigenvalue weighted by atomic mass is 10.1. The number of rotatable bonds is 5. The van der Waals surface area contributed by atoms with Gasteiger partial charge in [-0.3, -0.25) is 4.79 Å². The van der Waals surface area contributed by atoms with E-state index in [4.69, 9.17) is 4.42 Å². The van der Waals surface area contributed by atoms with Crippen molar-refractivity contribution in [3.8, 4) is 22.9 Å². The fourth-order valence-corrected chi connectivity index (χ4v) is 2.89. The van der Waals surface area contributed by atoms with E-state index < -0.39 is 0 Å². The number of hydrogen-bond acceptors (Lipinski definition) is 4. The molecule has 4 aromatic rings. The van der Waals surface area contributed by atoms with Crippen LogP contribution in [0.5, 0.6) is 0 Å². The van der Waals surface area contributed by atoms with E-state index in [1.54, 1.807) is 12.1 Å². The zero-order valence-electron chi connectivity index (χ0n) is 15.4. The molecular formula is C23H19N3O2. The summed E-state index contributed by atoms with van der Waals surface area (Å²) >= 11 is 0. The molecule has 1 N–H and O–H groups in total. The Morgan fingerprint density at radius 3 is 2.11 bits per heavy atom.